The minimum atomic E-state index is -4.41. The lowest BCUT2D eigenvalue weighted by molar-refractivity contribution is -0.137. The molecule has 1 N–H and O–H groups in total. The highest BCUT2D eigenvalue weighted by molar-refractivity contribution is 7.11. The molecular formula is C13H15F3N2OS. The van der Waals surface area contributed by atoms with Crippen molar-refractivity contribution in [1.82, 2.24) is 10.3 Å². The molecule has 1 unspecified atom stereocenters. The van der Waals surface area contributed by atoms with E-state index in [9.17, 15) is 13.2 Å². The molecule has 0 bridgehead atoms. The Morgan fingerprint density at radius 2 is 2.20 bits per heavy atom. The van der Waals surface area contributed by atoms with Gasteiger partial charge in [0.25, 0.3) is 0 Å². The number of nitrogens with one attached hydrogen (secondary N) is 1. The maximum Gasteiger partial charge on any atom is 0.443 e. The van der Waals surface area contributed by atoms with E-state index in [1.54, 1.807) is 6.07 Å². The van der Waals surface area contributed by atoms with Crippen LogP contribution in [0.4, 0.5) is 13.2 Å². The van der Waals surface area contributed by atoms with E-state index in [1.165, 1.54) is 12.5 Å². The Balaban J connectivity index is 2.32. The fourth-order valence-electron chi connectivity index (χ4n) is 1.84. The molecular weight excluding hydrogens is 289 g/mol. The van der Waals surface area contributed by atoms with Crippen LogP contribution in [0.25, 0.3) is 0 Å². The second-order valence-electron chi connectivity index (χ2n) is 4.42. The zero-order valence-corrected chi connectivity index (χ0v) is 11.9. The van der Waals surface area contributed by atoms with Gasteiger partial charge in [-0.05, 0) is 31.5 Å². The van der Waals surface area contributed by atoms with Gasteiger partial charge in [-0.2, -0.15) is 13.2 Å². The van der Waals surface area contributed by atoms with E-state index in [0.29, 0.717) is 28.5 Å². The summed E-state index contributed by atoms with van der Waals surface area (Å²) in [6.07, 6.45) is -0.725. The van der Waals surface area contributed by atoms with E-state index in [1.807, 2.05) is 13.8 Å². The molecule has 0 amide bonds. The van der Waals surface area contributed by atoms with Gasteiger partial charge in [-0.25, -0.2) is 4.98 Å². The molecule has 110 valence electrons. The number of aromatic nitrogens is 1. The highest BCUT2D eigenvalue weighted by Crippen LogP contribution is 2.36. The van der Waals surface area contributed by atoms with Crippen molar-refractivity contribution < 1.29 is 17.6 Å². The fourth-order valence-corrected chi connectivity index (χ4v) is 2.70. The first-order chi connectivity index (χ1) is 9.43. The molecule has 0 radical (unpaired) electrons. The van der Waals surface area contributed by atoms with Crippen LogP contribution in [0.5, 0.6) is 0 Å². The zero-order valence-electron chi connectivity index (χ0n) is 11.1. The molecule has 20 heavy (non-hydrogen) atoms. The Bertz CT molecular complexity index is 562. The Labute approximate surface area is 118 Å². The molecule has 0 aliphatic heterocycles. The summed E-state index contributed by atoms with van der Waals surface area (Å²) in [6.45, 7) is 4.54. The van der Waals surface area contributed by atoms with Crippen molar-refractivity contribution in [3.8, 4) is 0 Å². The van der Waals surface area contributed by atoms with Crippen molar-refractivity contribution in [2.45, 2.75) is 32.5 Å². The second-order valence-corrected chi connectivity index (χ2v) is 5.48. The number of halogens is 3. The van der Waals surface area contributed by atoms with Crippen LogP contribution in [0.3, 0.4) is 0 Å². The van der Waals surface area contributed by atoms with Gasteiger partial charge in [0, 0.05) is 11.1 Å². The molecule has 2 aromatic rings. The van der Waals surface area contributed by atoms with Crippen molar-refractivity contribution >= 4 is 11.3 Å². The third kappa shape index (κ3) is 3.21. The first kappa shape index (κ1) is 15.1. The quantitative estimate of drug-likeness (QED) is 0.901. The van der Waals surface area contributed by atoms with Gasteiger partial charge in [0.05, 0.1) is 6.26 Å². The highest BCUT2D eigenvalue weighted by Gasteiger charge is 2.35. The van der Waals surface area contributed by atoms with Gasteiger partial charge < -0.3 is 9.73 Å². The second kappa shape index (κ2) is 5.97. The Kier molecular flexibility index (Phi) is 4.49. The average Bonchev–Trinajstić information content (AvgIpc) is 2.99. The van der Waals surface area contributed by atoms with Crippen molar-refractivity contribution in [2.24, 2.45) is 0 Å². The number of hydrogen-bond acceptors (Lipinski definition) is 4. The first-order valence-electron chi connectivity index (χ1n) is 6.23. The van der Waals surface area contributed by atoms with Crippen molar-refractivity contribution in [3.63, 3.8) is 0 Å². The number of hydrogen-bond donors (Lipinski definition) is 1. The van der Waals surface area contributed by atoms with Crippen LogP contribution in [-0.2, 0) is 6.18 Å². The number of aryl methyl sites for hydroxylation is 1. The fraction of sp³-hybridized carbons (Fsp3) is 0.462. The average molecular weight is 304 g/mol. The summed E-state index contributed by atoms with van der Waals surface area (Å²) in [5.41, 5.74) is 0.903. The third-order valence-corrected chi connectivity index (χ3v) is 3.92. The molecule has 2 aromatic heterocycles. The Morgan fingerprint density at radius 1 is 1.45 bits per heavy atom. The van der Waals surface area contributed by atoms with Gasteiger partial charge >= 0.3 is 6.18 Å². The van der Waals surface area contributed by atoms with Gasteiger partial charge in [0.15, 0.2) is 5.01 Å². The molecule has 7 heteroatoms. The summed E-state index contributed by atoms with van der Waals surface area (Å²) in [5.74, 6) is 0.635. The van der Waals surface area contributed by atoms with E-state index < -0.39 is 17.2 Å². The predicted octanol–water partition coefficient (Wildman–Crippen LogP) is 4.15. The molecule has 3 nitrogen and oxygen atoms in total. The van der Waals surface area contributed by atoms with E-state index in [4.69, 9.17) is 4.42 Å². The number of nitrogens with zero attached hydrogens (tertiary/aromatic N) is 1. The van der Waals surface area contributed by atoms with Crippen LogP contribution in [0.15, 0.2) is 22.9 Å². The minimum Gasteiger partial charge on any atom is -0.467 e. The molecule has 0 aliphatic carbocycles. The molecule has 0 aromatic carbocycles. The monoisotopic (exact) mass is 304 g/mol. The summed E-state index contributed by atoms with van der Waals surface area (Å²) in [7, 11) is 0. The zero-order chi connectivity index (χ0) is 14.8. The largest absolute Gasteiger partial charge is 0.467 e. The van der Waals surface area contributed by atoms with Crippen LogP contribution >= 0.6 is 11.3 Å². The van der Waals surface area contributed by atoms with E-state index in [2.05, 4.69) is 10.3 Å². The number of furan rings is 1. The molecule has 0 saturated heterocycles. The van der Waals surface area contributed by atoms with Crippen LogP contribution in [0.1, 0.15) is 40.6 Å². The van der Waals surface area contributed by atoms with Gasteiger partial charge in [0.1, 0.15) is 11.8 Å². The summed E-state index contributed by atoms with van der Waals surface area (Å²) in [5, 5.41) is 2.37. The predicted molar refractivity (Wildman–Crippen MR) is 70.7 cm³/mol. The van der Waals surface area contributed by atoms with E-state index >= 15 is 0 Å². The maximum absolute atomic E-state index is 12.6. The van der Waals surface area contributed by atoms with Gasteiger partial charge in [-0.1, -0.05) is 6.92 Å². The number of thiazole rings is 1. The smallest absolute Gasteiger partial charge is 0.443 e. The standard InChI is InChI=1S/C13H15F3N2OS/c1-3-5-17-10(11-8(2)4-6-19-11)9-7-18-12(20-9)13(14,15)16/h4,6-7,10,17H,3,5H2,1-2H3. The normalized spacial score (nSPS) is 13.7. The molecule has 2 rings (SSSR count). The molecule has 0 aliphatic rings. The van der Waals surface area contributed by atoms with Gasteiger partial charge in [-0.3, -0.25) is 0 Å². The van der Waals surface area contributed by atoms with Crippen LogP contribution in [0, 0.1) is 6.92 Å². The van der Waals surface area contributed by atoms with Gasteiger partial charge in [0.2, 0.25) is 0 Å². The van der Waals surface area contributed by atoms with Gasteiger partial charge in [-0.15, -0.1) is 11.3 Å². The molecule has 0 fully saturated rings. The van der Waals surface area contributed by atoms with Crippen LogP contribution < -0.4 is 5.32 Å². The topological polar surface area (TPSA) is 38.1 Å². The summed E-state index contributed by atoms with van der Waals surface area (Å²) in [4.78, 5) is 3.97. The lowest BCUT2D eigenvalue weighted by Crippen LogP contribution is -2.22. The van der Waals surface area contributed by atoms with Crippen molar-refractivity contribution in [3.05, 3.63) is 39.7 Å². The third-order valence-electron chi connectivity index (χ3n) is 2.81. The Morgan fingerprint density at radius 3 is 2.70 bits per heavy atom. The lowest BCUT2D eigenvalue weighted by Gasteiger charge is -2.15. The van der Waals surface area contributed by atoms with E-state index in [0.717, 1.165) is 12.0 Å². The summed E-state index contributed by atoms with van der Waals surface area (Å²) in [6, 6.07) is 1.40. The summed E-state index contributed by atoms with van der Waals surface area (Å²) < 4.78 is 43.3. The minimum absolute atomic E-state index is 0.390. The van der Waals surface area contributed by atoms with Crippen LogP contribution in [-0.4, -0.2) is 11.5 Å². The number of rotatable bonds is 5. The van der Waals surface area contributed by atoms with Crippen LogP contribution in [0.2, 0.25) is 0 Å². The number of alkyl halides is 3. The lowest BCUT2D eigenvalue weighted by atomic mass is 10.1. The maximum atomic E-state index is 12.6. The van der Waals surface area contributed by atoms with Crippen molar-refractivity contribution in [1.29, 1.82) is 0 Å². The van der Waals surface area contributed by atoms with Crippen molar-refractivity contribution in [2.75, 3.05) is 6.54 Å². The molecule has 0 spiro atoms. The van der Waals surface area contributed by atoms with E-state index in [-0.39, 0.29) is 0 Å². The first-order valence-corrected chi connectivity index (χ1v) is 7.05. The Hall–Kier alpha value is -1.34. The SMILES string of the molecule is CCCNC(c1cnc(C(F)(F)F)s1)c1occc1C. The molecule has 0 saturated carbocycles. The molecule has 1 atom stereocenters. The summed E-state index contributed by atoms with van der Waals surface area (Å²) >= 11 is 0.647. The molecule has 2 heterocycles. The highest BCUT2D eigenvalue weighted by atomic mass is 32.1.